The molecular weight excluding hydrogens is 547 g/mol. The Bertz CT molecular complexity index is 1590. The van der Waals surface area contributed by atoms with Crippen LogP contribution >= 0.6 is 0 Å². The molecule has 0 atom stereocenters. The van der Waals surface area contributed by atoms with E-state index in [9.17, 15) is 26.4 Å². The van der Waals surface area contributed by atoms with Crippen molar-refractivity contribution in [3.63, 3.8) is 0 Å². The quantitative estimate of drug-likeness (QED) is 0.180. The highest BCUT2D eigenvalue weighted by Gasteiger charge is 2.36. The van der Waals surface area contributed by atoms with Crippen molar-refractivity contribution in [2.24, 2.45) is 5.16 Å². The van der Waals surface area contributed by atoms with Gasteiger partial charge < -0.3 is 23.8 Å². The molecule has 0 radical (unpaired) electrons. The predicted octanol–water partition coefficient (Wildman–Crippen LogP) is 3.75. The summed E-state index contributed by atoms with van der Waals surface area (Å²) in [5.41, 5.74) is -0.764. The lowest BCUT2D eigenvalue weighted by Gasteiger charge is -2.11. The van der Waals surface area contributed by atoms with Crippen molar-refractivity contribution >= 4 is 21.5 Å². The van der Waals surface area contributed by atoms with Gasteiger partial charge in [0.05, 0.1) is 23.6 Å². The van der Waals surface area contributed by atoms with Crippen LogP contribution in [0, 0.1) is 0 Å². The Morgan fingerprint density at radius 1 is 0.949 bits per heavy atom. The molecule has 204 valence electrons. The van der Waals surface area contributed by atoms with Crippen molar-refractivity contribution in [2.75, 3.05) is 19.3 Å². The largest absolute Gasteiger partial charge is 0.454 e. The zero-order valence-corrected chi connectivity index (χ0v) is 20.8. The summed E-state index contributed by atoms with van der Waals surface area (Å²) in [5.74, 6) is -0.253. The summed E-state index contributed by atoms with van der Waals surface area (Å²) in [7, 11) is -4.54. The minimum absolute atomic E-state index is 0.0631. The minimum atomic E-state index is -4.96. The molecule has 0 saturated heterocycles. The lowest BCUT2D eigenvalue weighted by molar-refractivity contribution is -0.143. The second-order valence-electron chi connectivity index (χ2n) is 8.26. The molecule has 0 fully saturated rings. The van der Waals surface area contributed by atoms with Crippen LogP contribution < -0.4 is 18.9 Å². The fourth-order valence-electron chi connectivity index (χ4n) is 3.56. The highest BCUT2D eigenvalue weighted by Crippen LogP contribution is 2.37. The van der Waals surface area contributed by atoms with Crippen LogP contribution in [-0.2, 0) is 25.6 Å². The zero-order valence-electron chi connectivity index (χ0n) is 20.0. The second kappa shape index (κ2) is 10.1. The van der Waals surface area contributed by atoms with E-state index in [0.29, 0.717) is 34.6 Å². The summed E-state index contributed by atoms with van der Waals surface area (Å²) in [6.45, 7) is 1.56. The minimum Gasteiger partial charge on any atom is -0.454 e. The van der Waals surface area contributed by atoms with Crippen LogP contribution in [0.2, 0.25) is 0 Å². The Morgan fingerprint density at radius 2 is 1.59 bits per heavy atom. The fraction of sp³-hybridized carbons (Fsp3) is 0.250. The van der Waals surface area contributed by atoms with Gasteiger partial charge in [-0.05, 0) is 49.4 Å². The summed E-state index contributed by atoms with van der Waals surface area (Å²) in [4.78, 5) is 24.0. The first-order valence-corrected chi connectivity index (χ1v) is 12.9. The van der Waals surface area contributed by atoms with E-state index in [1.54, 1.807) is 25.1 Å². The number of carbonyl (C=O) groups excluding carboxylic acids is 1. The van der Waals surface area contributed by atoms with Crippen LogP contribution in [-0.4, -0.2) is 49.4 Å². The van der Waals surface area contributed by atoms with Crippen molar-refractivity contribution in [3.05, 3.63) is 53.7 Å². The summed E-state index contributed by atoms with van der Waals surface area (Å²) in [6, 6.07) is 9.80. The van der Waals surface area contributed by atoms with Crippen molar-refractivity contribution in [1.29, 1.82) is 0 Å². The number of carbonyl (C=O) groups is 1. The molecule has 5 rings (SSSR count). The van der Waals surface area contributed by atoms with Crippen LogP contribution in [0.3, 0.4) is 0 Å². The maximum Gasteiger partial charge on any atom is 0.433 e. The molecule has 2 aliphatic heterocycles. The van der Waals surface area contributed by atoms with E-state index in [2.05, 4.69) is 15.1 Å². The Labute approximate surface area is 219 Å². The van der Waals surface area contributed by atoms with Crippen LogP contribution in [0.5, 0.6) is 23.0 Å². The second-order valence-corrected chi connectivity index (χ2v) is 10.3. The van der Waals surface area contributed by atoms with Crippen LogP contribution in [0.4, 0.5) is 13.2 Å². The predicted molar refractivity (Wildman–Crippen MR) is 126 cm³/mol. The van der Waals surface area contributed by atoms with Gasteiger partial charge in [0.1, 0.15) is 5.69 Å². The molecule has 11 nitrogen and oxygen atoms in total. The van der Waals surface area contributed by atoms with Crippen LogP contribution in [0.15, 0.2) is 52.8 Å². The molecule has 0 unspecified atom stereocenters. The number of hydrogen-bond acceptors (Lipinski definition) is 11. The van der Waals surface area contributed by atoms with E-state index in [-0.39, 0.29) is 30.6 Å². The molecule has 0 spiro atoms. The number of benzene rings is 2. The topological polar surface area (TPSA) is 136 Å². The average molecular weight is 565 g/mol. The number of oxime groups is 1. The Balaban J connectivity index is 1.31. The number of rotatable bonds is 7. The molecule has 0 N–H and O–H groups in total. The van der Waals surface area contributed by atoms with Crippen LogP contribution in [0.1, 0.15) is 24.6 Å². The van der Waals surface area contributed by atoms with E-state index < -0.39 is 45.0 Å². The molecule has 0 amide bonds. The number of sulfone groups is 1. The van der Waals surface area contributed by atoms with Gasteiger partial charge in [-0.25, -0.2) is 23.2 Å². The maximum atomic E-state index is 13.5. The number of fused-ring (bicyclic) bond motifs is 2. The Morgan fingerprint density at radius 3 is 2.28 bits per heavy atom. The van der Waals surface area contributed by atoms with Gasteiger partial charge in [-0.15, -0.1) is 0 Å². The highest BCUT2D eigenvalue weighted by atomic mass is 32.2. The van der Waals surface area contributed by atoms with Gasteiger partial charge in [0, 0.05) is 11.1 Å². The van der Waals surface area contributed by atoms with Crippen molar-refractivity contribution in [3.8, 4) is 34.3 Å². The summed E-state index contributed by atoms with van der Waals surface area (Å²) >= 11 is 0. The first-order valence-electron chi connectivity index (χ1n) is 11.2. The van der Waals surface area contributed by atoms with E-state index in [0.717, 1.165) is 0 Å². The van der Waals surface area contributed by atoms with Gasteiger partial charge in [-0.1, -0.05) is 5.16 Å². The fourth-order valence-corrected chi connectivity index (χ4v) is 4.65. The molecule has 0 saturated carbocycles. The van der Waals surface area contributed by atoms with Crippen molar-refractivity contribution < 1.29 is 50.2 Å². The third-order valence-corrected chi connectivity index (χ3v) is 7.07. The summed E-state index contributed by atoms with van der Waals surface area (Å²) in [6.07, 6.45) is -5.67. The molecule has 2 aliphatic rings. The standard InChI is InChI=1S/C24H18F3N3O8S/c1-13(14-2-4-17-19(8-14)36-11-34-17)30-38-22(31)6-7-39(32,33)23-28-16(10-21(29-23)24(25,26)27)15-3-5-18-20(9-15)37-12-35-18/h2-5,8-10H,6-7,11-12H2,1H3/b30-13+. The molecule has 15 heteroatoms. The molecular formula is C24H18F3N3O8S. The van der Waals surface area contributed by atoms with Gasteiger partial charge in [0.25, 0.3) is 0 Å². The van der Waals surface area contributed by atoms with Crippen molar-refractivity contribution in [2.45, 2.75) is 24.7 Å². The van der Waals surface area contributed by atoms with Gasteiger partial charge in [0.15, 0.2) is 23.0 Å². The maximum absolute atomic E-state index is 13.5. The normalized spacial score (nSPS) is 14.4. The first-order chi connectivity index (χ1) is 18.5. The number of nitrogens with zero attached hydrogens (tertiary/aromatic N) is 3. The van der Waals surface area contributed by atoms with E-state index in [1.807, 2.05) is 0 Å². The molecule has 0 aliphatic carbocycles. The number of halogens is 3. The molecule has 3 heterocycles. The Kier molecular flexibility index (Phi) is 6.76. The van der Waals surface area contributed by atoms with E-state index in [1.165, 1.54) is 18.2 Å². The van der Waals surface area contributed by atoms with E-state index in [4.69, 9.17) is 23.8 Å². The number of hydrogen-bond donors (Lipinski definition) is 0. The SMILES string of the molecule is C/C(=N\OC(=O)CCS(=O)(=O)c1nc(-c2ccc3c(c2)OCO3)cc(C(F)(F)F)n1)c1ccc2c(c1)OCO2. The molecule has 3 aromatic rings. The smallest absolute Gasteiger partial charge is 0.433 e. The third kappa shape index (κ3) is 5.72. The molecule has 2 aromatic carbocycles. The summed E-state index contributed by atoms with van der Waals surface area (Å²) in [5, 5.41) is 2.61. The van der Waals surface area contributed by atoms with Crippen LogP contribution in [0.25, 0.3) is 11.3 Å². The average Bonchev–Trinajstić information content (AvgIpc) is 3.58. The number of ether oxygens (including phenoxy) is 4. The monoisotopic (exact) mass is 565 g/mol. The molecule has 0 bridgehead atoms. The van der Waals surface area contributed by atoms with E-state index >= 15 is 0 Å². The number of alkyl halides is 3. The van der Waals surface area contributed by atoms with Crippen molar-refractivity contribution in [1.82, 2.24) is 9.97 Å². The molecule has 39 heavy (non-hydrogen) atoms. The number of aromatic nitrogens is 2. The van der Waals surface area contributed by atoms with Gasteiger partial charge >= 0.3 is 12.1 Å². The third-order valence-electron chi connectivity index (χ3n) is 5.59. The first kappa shape index (κ1) is 26.2. The van der Waals surface area contributed by atoms with Gasteiger partial charge in [-0.3, -0.25) is 0 Å². The van der Waals surface area contributed by atoms with Gasteiger partial charge in [-0.2, -0.15) is 13.2 Å². The lowest BCUT2D eigenvalue weighted by atomic mass is 10.1. The summed E-state index contributed by atoms with van der Waals surface area (Å²) < 4.78 is 87.2. The Hall–Kier alpha value is -4.40. The van der Waals surface area contributed by atoms with Gasteiger partial charge in [0.2, 0.25) is 28.6 Å². The zero-order chi connectivity index (χ0) is 27.8. The highest BCUT2D eigenvalue weighted by molar-refractivity contribution is 7.91. The molecule has 1 aromatic heterocycles. The lowest BCUT2D eigenvalue weighted by Crippen LogP contribution is -2.18.